The zero-order valence-corrected chi connectivity index (χ0v) is 11.7. The van der Waals surface area contributed by atoms with Crippen LogP contribution in [0.3, 0.4) is 0 Å². The normalized spacial score (nSPS) is 10.6. The average Bonchev–Trinajstić information content (AvgIpc) is 2.42. The molecule has 0 radical (unpaired) electrons. The molecule has 0 saturated heterocycles. The van der Waals surface area contributed by atoms with Gasteiger partial charge in [-0.2, -0.15) is 0 Å². The molecule has 0 heterocycles. The standard InChI is InChI=1S/C15H14ClF2NO/c1-20-15-4-2-3-13(16)12(15)9-19-8-10-5-6-11(17)7-14(10)18/h2-7,19H,8-9H2,1H3. The molecule has 2 aromatic carbocycles. The maximum atomic E-state index is 13.5. The van der Waals surface area contributed by atoms with Crippen LogP contribution in [-0.2, 0) is 13.1 Å². The maximum Gasteiger partial charge on any atom is 0.130 e. The second kappa shape index (κ2) is 6.68. The Hall–Kier alpha value is -1.65. The van der Waals surface area contributed by atoms with Crippen LogP contribution in [0.2, 0.25) is 5.02 Å². The Kier molecular flexibility index (Phi) is 4.93. The second-order valence-corrected chi connectivity index (χ2v) is 4.67. The van der Waals surface area contributed by atoms with E-state index in [1.165, 1.54) is 12.1 Å². The van der Waals surface area contributed by atoms with Crippen LogP contribution in [-0.4, -0.2) is 7.11 Å². The molecule has 0 atom stereocenters. The average molecular weight is 298 g/mol. The van der Waals surface area contributed by atoms with E-state index in [0.717, 1.165) is 11.6 Å². The highest BCUT2D eigenvalue weighted by atomic mass is 35.5. The number of hydrogen-bond donors (Lipinski definition) is 1. The van der Waals surface area contributed by atoms with Crippen LogP contribution in [0.5, 0.6) is 5.75 Å². The number of benzene rings is 2. The quantitative estimate of drug-likeness (QED) is 0.903. The lowest BCUT2D eigenvalue weighted by Gasteiger charge is -2.11. The van der Waals surface area contributed by atoms with Crippen molar-refractivity contribution in [2.24, 2.45) is 0 Å². The first kappa shape index (κ1) is 14.8. The molecule has 2 nitrogen and oxygen atoms in total. The highest BCUT2D eigenvalue weighted by Gasteiger charge is 2.08. The van der Waals surface area contributed by atoms with Crippen LogP contribution in [0.1, 0.15) is 11.1 Å². The van der Waals surface area contributed by atoms with Crippen molar-refractivity contribution in [2.75, 3.05) is 7.11 Å². The van der Waals surface area contributed by atoms with E-state index in [4.69, 9.17) is 16.3 Å². The van der Waals surface area contributed by atoms with Gasteiger partial charge in [-0.05, 0) is 18.2 Å². The molecule has 2 aromatic rings. The molecule has 0 aliphatic carbocycles. The molecule has 0 saturated carbocycles. The summed E-state index contributed by atoms with van der Waals surface area (Å²) in [6.45, 7) is 0.708. The van der Waals surface area contributed by atoms with Crippen molar-refractivity contribution in [3.05, 3.63) is 64.2 Å². The van der Waals surface area contributed by atoms with Crippen molar-refractivity contribution in [3.8, 4) is 5.75 Å². The summed E-state index contributed by atoms with van der Waals surface area (Å²) in [4.78, 5) is 0. The van der Waals surface area contributed by atoms with Gasteiger partial charge in [-0.3, -0.25) is 0 Å². The van der Waals surface area contributed by atoms with Crippen LogP contribution in [0.25, 0.3) is 0 Å². The Labute approximate surface area is 121 Å². The van der Waals surface area contributed by atoms with Gasteiger partial charge in [0.25, 0.3) is 0 Å². The van der Waals surface area contributed by atoms with Gasteiger partial charge in [0.15, 0.2) is 0 Å². The van der Waals surface area contributed by atoms with Gasteiger partial charge in [0.1, 0.15) is 17.4 Å². The number of rotatable bonds is 5. The molecule has 0 aromatic heterocycles. The van der Waals surface area contributed by atoms with Gasteiger partial charge in [0, 0.05) is 35.3 Å². The van der Waals surface area contributed by atoms with Gasteiger partial charge < -0.3 is 10.1 Å². The van der Waals surface area contributed by atoms with E-state index in [1.54, 1.807) is 25.3 Å². The van der Waals surface area contributed by atoms with Gasteiger partial charge in [-0.25, -0.2) is 8.78 Å². The van der Waals surface area contributed by atoms with Crippen molar-refractivity contribution in [2.45, 2.75) is 13.1 Å². The lowest BCUT2D eigenvalue weighted by atomic mass is 10.1. The third-order valence-electron chi connectivity index (χ3n) is 2.93. The highest BCUT2D eigenvalue weighted by molar-refractivity contribution is 6.31. The van der Waals surface area contributed by atoms with Crippen LogP contribution < -0.4 is 10.1 Å². The Morgan fingerprint density at radius 1 is 1.15 bits per heavy atom. The summed E-state index contributed by atoms with van der Waals surface area (Å²) in [5.74, 6) is -0.479. The first-order valence-electron chi connectivity index (χ1n) is 6.08. The van der Waals surface area contributed by atoms with Crippen molar-refractivity contribution in [3.63, 3.8) is 0 Å². The van der Waals surface area contributed by atoms with Crippen molar-refractivity contribution >= 4 is 11.6 Å². The zero-order chi connectivity index (χ0) is 14.5. The lowest BCUT2D eigenvalue weighted by Crippen LogP contribution is -2.14. The Morgan fingerprint density at radius 2 is 1.95 bits per heavy atom. The van der Waals surface area contributed by atoms with Gasteiger partial charge in [-0.1, -0.05) is 23.7 Å². The number of halogens is 3. The summed E-state index contributed by atoms with van der Waals surface area (Å²) < 4.78 is 31.5. The van der Waals surface area contributed by atoms with E-state index in [1.807, 2.05) is 0 Å². The molecule has 0 bridgehead atoms. The minimum Gasteiger partial charge on any atom is -0.496 e. The van der Waals surface area contributed by atoms with Crippen LogP contribution in [0, 0.1) is 11.6 Å². The highest BCUT2D eigenvalue weighted by Crippen LogP contribution is 2.26. The topological polar surface area (TPSA) is 21.3 Å². The van der Waals surface area contributed by atoms with E-state index in [-0.39, 0.29) is 6.54 Å². The smallest absolute Gasteiger partial charge is 0.130 e. The molecule has 0 amide bonds. The Balaban J connectivity index is 2.03. The zero-order valence-electron chi connectivity index (χ0n) is 10.9. The summed E-state index contributed by atoms with van der Waals surface area (Å²) in [7, 11) is 1.56. The first-order chi connectivity index (χ1) is 9.61. The minimum atomic E-state index is -0.584. The fourth-order valence-corrected chi connectivity index (χ4v) is 2.12. The van der Waals surface area contributed by atoms with E-state index < -0.39 is 11.6 Å². The summed E-state index contributed by atoms with van der Waals surface area (Å²) in [6, 6.07) is 8.88. The molecule has 0 spiro atoms. The summed E-state index contributed by atoms with van der Waals surface area (Å²) in [6.07, 6.45) is 0. The molecule has 5 heteroatoms. The molecular weight excluding hydrogens is 284 g/mol. The molecule has 0 fully saturated rings. The Bertz CT molecular complexity index is 604. The van der Waals surface area contributed by atoms with Gasteiger partial charge in [-0.15, -0.1) is 0 Å². The summed E-state index contributed by atoms with van der Waals surface area (Å²) in [5.41, 5.74) is 1.21. The van der Waals surface area contributed by atoms with E-state index >= 15 is 0 Å². The minimum absolute atomic E-state index is 0.278. The largest absolute Gasteiger partial charge is 0.496 e. The molecule has 0 aliphatic rings. The third kappa shape index (κ3) is 3.46. The summed E-state index contributed by atoms with van der Waals surface area (Å²) in [5, 5.41) is 3.65. The number of nitrogens with one attached hydrogen (secondary N) is 1. The maximum absolute atomic E-state index is 13.5. The van der Waals surface area contributed by atoms with Gasteiger partial charge >= 0.3 is 0 Å². The molecular formula is C15H14ClF2NO. The van der Waals surface area contributed by atoms with Gasteiger partial charge in [0.05, 0.1) is 7.11 Å². The Morgan fingerprint density at radius 3 is 2.65 bits per heavy atom. The second-order valence-electron chi connectivity index (χ2n) is 4.26. The van der Waals surface area contributed by atoms with Crippen LogP contribution in [0.15, 0.2) is 36.4 Å². The molecule has 2 rings (SSSR count). The number of hydrogen-bond acceptors (Lipinski definition) is 2. The van der Waals surface area contributed by atoms with E-state index in [0.29, 0.717) is 22.9 Å². The monoisotopic (exact) mass is 297 g/mol. The van der Waals surface area contributed by atoms with E-state index in [9.17, 15) is 8.78 Å². The first-order valence-corrected chi connectivity index (χ1v) is 6.45. The van der Waals surface area contributed by atoms with Crippen LogP contribution in [0.4, 0.5) is 8.78 Å². The molecule has 0 unspecified atom stereocenters. The number of methoxy groups -OCH3 is 1. The van der Waals surface area contributed by atoms with Crippen molar-refractivity contribution < 1.29 is 13.5 Å². The van der Waals surface area contributed by atoms with Crippen molar-refractivity contribution in [1.29, 1.82) is 0 Å². The lowest BCUT2D eigenvalue weighted by molar-refractivity contribution is 0.407. The number of ether oxygens (including phenoxy) is 1. The SMILES string of the molecule is COc1cccc(Cl)c1CNCc1ccc(F)cc1F. The van der Waals surface area contributed by atoms with Gasteiger partial charge in [0.2, 0.25) is 0 Å². The summed E-state index contributed by atoms with van der Waals surface area (Å²) >= 11 is 6.10. The van der Waals surface area contributed by atoms with Crippen molar-refractivity contribution in [1.82, 2.24) is 5.32 Å². The molecule has 1 N–H and O–H groups in total. The molecule has 0 aliphatic heterocycles. The predicted molar refractivity (Wildman–Crippen MR) is 74.9 cm³/mol. The van der Waals surface area contributed by atoms with Crippen LogP contribution >= 0.6 is 11.6 Å². The fourth-order valence-electron chi connectivity index (χ4n) is 1.89. The predicted octanol–water partition coefficient (Wildman–Crippen LogP) is 3.92. The fraction of sp³-hybridized carbons (Fsp3) is 0.200. The van der Waals surface area contributed by atoms with E-state index in [2.05, 4.69) is 5.32 Å². The third-order valence-corrected chi connectivity index (χ3v) is 3.28. The molecule has 106 valence electrons. The molecule has 20 heavy (non-hydrogen) atoms.